The molecule has 2 rings (SSSR count). The first-order valence-electron chi connectivity index (χ1n) is 9.17. The minimum atomic E-state index is -0.872. The quantitative estimate of drug-likeness (QED) is 0.519. The summed E-state index contributed by atoms with van der Waals surface area (Å²) in [6.45, 7) is 4.30. The first kappa shape index (κ1) is 20.9. The van der Waals surface area contributed by atoms with Crippen LogP contribution in [0.25, 0.3) is 0 Å². The number of unbranched alkanes of at least 4 members (excludes halogenated alkanes) is 2. The monoisotopic (exact) mass is 384 g/mol. The second-order valence-corrected chi connectivity index (χ2v) is 7.50. The summed E-state index contributed by atoms with van der Waals surface area (Å²) in [7, 11) is 0. The van der Waals surface area contributed by atoms with E-state index in [-0.39, 0.29) is 4.90 Å². The number of rotatable bonds is 8. The molecular weight excluding hydrogens is 362 g/mol. The van der Waals surface area contributed by atoms with Crippen molar-refractivity contribution in [2.24, 2.45) is 0 Å². The number of nitrogens with zero attached hydrogens (tertiary/aromatic N) is 2. The molecule has 2 aromatic carbocycles. The van der Waals surface area contributed by atoms with Crippen molar-refractivity contribution < 1.29 is 8.78 Å². The molecule has 2 aromatic rings. The summed E-state index contributed by atoms with van der Waals surface area (Å²) in [5.41, 5.74) is 1.47. The van der Waals surface area contributed by atoms with E-state index in [9.17, 15) is 8.78 Å². The highest BCUT2D eigenvalue weighted by atomic mass is 32.2. The zero-order valence-corrected chi connectivity index (χ0v) is 16.4. The van der Waals surface area contributed by atoms with Crippen LogP contribution in [0, 0.1) is 34.3 Å². The average molecular weight is 384 g/mol. The van der Waals surface area contributed by atoms with E-state index in [1.54, 1.807) is 12.1 Å². The molecule has 0 aliphatic heterocycles. The van der Waals surface area contributed by atoms with Crippen LogP contribution in [-0.2, 0) is 12.8 Å². The number of benzene rings is 2. The molecule has 140 valence electrons. The molecule has 0 unspecified atom stereocenters. The van der Waals surface area contributed by atoms with Gasteiger partial charge in [-0.3, -0.25) is 0 Å². The summed E-state index contributed by atoms with van der Waals surface area (Å²) >= 11 is 1.08. The first-order chi connectivity index (χ1) is 13.0. The van der Waals surface area contributed by atoms with Crippen molar-refractivity contribution in [2.75, 3.05) is 0 Å². The zero-order valence-electron chi connectivity index (χ0n) is 15.6. The Balaban J connectivity index is 2.39. The summed E-state index contributed by atoms with van der Waals surface area (Å²) in [5, 5.41) is 18.0. The van der Waals surface area contributed by atoms with Crippen LogP contribution in [-0.4, -0.2) is 0 Å². The molecule has 0 aromatic heterocycles. The van der Waals surface area contributed by atoms with Crippen LogP contribution in [0.2, 0.25) is 0 Å². The highest BCUT2D eigenvalue weighted by molar-refractivity contribution is 7.99. The third-order valence-corrected chi connectivity index (χ3v) is 5.42. The van der Waals surface area contributed by atoms with Crippen molar-refractivity contribution in [3.63, 3.8) is 0 Å². The van der Waals surface area contributed by atoms with Crippen molar-refractivity contribution in [3.8, 4) is 12.1 Å². The van der Waals surface area contributed by atoms with E-state index < -0.39 is 22.8 Å². The number of aryl methyl sites for hydroxylation is 2. The molecule has 0 heterocycles. The van der Waals surface area contributed by atoms with Gasteiger partial charge in [-0.1, -0.05) is 44.5 Å². The predicted molar refractivity (Wildman–Crippen MR) is 104 cm³/mol. The molecule has 2 nitrogen and oxygen atoms in total. The fraction of sp³-hybridized carbons (Fsp3) is 0.364. The molecule has 0 N–H and O–H groups in total. The smallest absolute Gasteiger partial charge is 0.156 e. The van der Waals surface area contributed by atoms with Crippen LogP contribution < -0.4 is 0 Å². The Labute approximate surface area is 163 Å². The van der Waals surface area contributed by atoms with Crippen molar-refractivity contribution in [2.45, 2.75) is 62.2 Å². The van der Waals surface area contributed by atoms with Crippen LogP contribution in [0.5, 0.6) is 0 Å². The SMILES string of the molecule is CCCCc1ccc(Sc2cc(F)c(C#N)c(C#N)c2F)cc1CCCC. The van der Waals surface area contributed by atoms with Gasteiger partial charge in [-0.2, -0.15) is 10.5 Å². The maximum atomic E-state index is 14.6. The summed E-state index contributed by atoms with van der Waals surface area (Å²) < 4.78 is 28.7. The lowest BCUT2D eigenvalue weighted by atomic mass is 9.98. The number of halogens is 2. The van der Waals surface area contributed by atoms with Gasteiger partial charge in [-0.25, -0.2) is 8.78 Å². The normalized spacial score (nSPS) is 10.4. The highest BCUT2D eigenvalue weighted by Crippen LogP contribution is 2.34. The van der Waals surface area contributed by atoms with E-state index in [1.165, 1.54) is 11.1 Å². The summed E-state index contributed by atoms with van der Waals surface area (Å²) in [5.74, 6) is -1.71. The third kappa shape index (κ3) is 5.08. The van der Waals surface area contributed by atoms with Gasteiger partial charge in [-0.05, 0) is 55.0 Å². The van der Waals surface area contributed by atoms with Crippen LogP contribution in [0.4, 0.5) is 8.78 Å². The molecule has 0 saturated carbocycles. The van der Waals surface area contributed by atoms with E-state index >= 15 is 0 Å². The molecule has 0 atom stereocenters. The third-order valence-electron chi connectivity index (χ3n) is 4.41. The lowest BCUT2D eigenvalue weighted by Crippen LogP contribution is -1.98. The number of hydrogen-bond acceptors (Lipinski definition) is 3. The van der Waals surface area contributed by atoms with Crippen molar-refractivity contribution in [3.05, 3.63) is 58.2 Å². The lowest BCUT2D eigenvalue weighted by Gasteiger charge is -2.12. The van der Waals surface area contributed by atoms with Crippen molar-refractivity contribution in [1.29, 1.82) is 10.5 Å². The van der Waals surface area contributed by atoms with Crippen LogP contribution in [0.15, 0.2) is 34.1 Å². The van der Waals surface area contributed by atoms with Gasteiger partial charge in [0.1, 0.15) is 29.1 Å². The second kappa shape index (κ2) is 10.1. The van der Waals surface area contributed by atoms with Gasteiger partial charge in [0.15, 0.2) is 5.82 Å². The maximum Gasteiger partial charge on any atom is 0.156 e. The van der Waals surface area contributed by atoms with Crippen molar-refractivity contribution in [1.82, 2.24) is 0 Å². The number of nitriles is 2. The summed E-state index contributed by atoms with van der Waals surface area (Å²) in [6.07, 6.45) is 6.37. The van der Waals surface area contributed by atoms with E-state index in [4.69, 9.17) is 10.5 Å². The first-order valence-corrected chi connectivity index (χ1v) is 9.99. The minimum absolute atomic E-state index is 0.0193. The fourth-order valence-corrected chi connectivity index (χ4v) is 3.84. The fourth-order valence-electron chi connectivity index (χ4n) is 2.90. The molecule has 0 spiro atoms. The molecule has 0 bridgehead atoms. The molecule has 0 saturated heterocycles. The predicted octanol–water partition coefficient (Wildman–Crippen LogP) is 6.54. The maximum absolute atomic E-state index is 14.6. The van der Waals surface area contributed by atoms with Crippen LogP contribution in [0.1, 0.15) is 61.8 Å². The molecule has 0 radical (unpaired) electrons. The van der Waals surface area contributed by atoms with E-state index in [0.717, 1.165) is 61.2 Å². The summed E-state index contributed by atoms with van der Waals surface area (Å²) in [4.78, 5) is 0.819. The lowest BCUT2D eigenvalue weighted by molar-refractivity contribution is 0.571. The Morgan fingerprint density at radius 3 is 2.11 bits per heavy atom. The zero-order chi connectivity index (χ0) is 19.8. The van der Waals surface area contributed by atoms with E-state index in [2.05, 4.69) is 19.9 Å². The average Bonchev–Trinajstić information content (AvgIpc) is 2.67. The summed E-state index contributed by atoms with van der Waals surface area (Å²) in [6, 6.07) is 10.2. The van der Waals surface area contributed by atoms with Gasteiger partial charge in [0.05, 0.1) is 4.90 Å². The Bertz CT molecular complexity index is 895. The van der Waals surface area contributed by atoms with Crippen LogP contribution >= 0.6 is 11.8 Å². The van der Waals surface area contributed by atoms with Crippen LogP contribution in [0.3, 0.4) is 0 Å². The molecule has 27 heavy (non-hydrogen) atoms. The molecule has 0 aliphatic rings. The molecule has 0 amide bonds. The van der Waals surface area contributed by atoms with Gasteiger partial charge in [-0.15, -0.1) is 0 Å². The molecular formula is C22H22F2N2S. The van der Waals surface area contributed by atoms with Gasteiger partial charge in [0, 0.05) is 4.90 Å². The second-order valence-electron chi connectivity index (χ2n) is 6.38. The van der Waals surface area contributed by atoms with Gasteiger partial charge < -0.3 is 0 Å². The minimum Gasteiger partial charge on any atom is -0.205 e. The van der Waals surface area contributed by atoms with Gasteiger partial charge >= 0.3 is 0 Å². The van der Waals surface area contributed by atoms with Gasteiger partial charge in [0.25, 0.3) is 0 Å². The highest BCUT2D eigenvalue weighted by Gasteiger charge is 2.19. The number of hydrogen-bond donors (Lipinski definition) is 0. The Morgan fingerprint density at radius 1 is 0.889 bits per heavy atom. The Morgan fingerprint density at radius 2 is 1.52 bits per heavy atom. The Kier molecular flexibility index (Phi) is 7.82. The molecule has 0 fully saturated rings. The van der Waals surface area contributed by atoms with Gasteiger partial charge in [0.2, 0.25) is 0 Å². The van der Waals surface area contributed by atoms with E-state index in [0.29, 0.717) is 0 Å². The molecule has 0 aliphatic carbocycles. The topological polar surface area (TPSA) is 47.6 Å². The standard InChI is InChI=1S/C22H22F2N2S/c1-3-5-7-15-9-10-17(11-16(15)8-6-4-2)27-21-12-20(23)18(13-25)19(14-26)22(21)24/h9-12H,3-8H2,1-2H3. The Hall–Kier alpha value is -2.37. The molecule has 5 heteroatoms. The largest absolute Gasteiger partial charge is 0.205 e. The van der Waals surface area contributed by atoms with E-state index in [1.807, 2.05) is 12.1 Å². The van der Waals surface area contributed by atoms with Crippen molar-refractivity contribution >= 4 is 11.8 Å².